The molecule has 1 aromatic carbocycles. The minimum atomic E-state index is -0.124. The van der Waals surface area contributed by atoms with Crippen LogP contribution in [0.4, 0.5) is 0 Å². The number of rotatable bonds is 3. The highest BCUT2D eigenvalue weighted by Gasteiger charge is 2.17. The molecule has 0 saturated carbocycles. The molecule has 25 heavy (non-hydrogen) atoms. The summed E-state index contributed by atoms with van der Waals surface area (Å²) in [5.41, 5.74) is 4.69. The van der Waals surface area contributed by atoms with Crippen LogP contribution in [-0.2, 0) is 6.54 Å². The molecule has 0 spiro atoms. The predicted molar refractivity (Wildman–Crippen MR) is 105 cm³/mol. The van der Waals surface area contributed by atoms with Crippen molar-refractivity contribution in [3.8, 4) is 10.6 Å². The second kappa shape index (κ2) is 6.20. The van der Waals surface area contributed by atoms with Gasteiger partial charge in [-0.1, -0.05) is 29.8 Å². The van der Waals surface area contributed by atoms with Crippen molar-refractivity contribution in [3.05, 3.63) is 67.8 Å². The van der Waals surface area contributed by atoms with Gasteiger partial charge in [0.2, 0.25) is 0 Å². The topological polar surface area (TPSA) is 47.8 Å². The Morgan fingerprint density at radius 1 is 1.16 bits per heavy atom. The molecule has 0 amide bonds. The van der Waals surface area contributed by atoms with Crippen LogP contribution >= 0.6 is 22.7 Å². The lowest BCUT2D eigenvalue weighted by Gasteiger charge is -2.10. The summed E-state index contributed by atoms with van der Waals surface area (Å²) >= 11 is 3.16. The van der Waals surface area contributed by atoms with Gasteiger partial charge in [-0.3, -0.25) is 4.79 Å². The first-order valence-corrected chi connectivity index (χ1v) is 9.71. The van der Waals surface area contributed by atoms with E-state index in [1.165, 1.54) is 16.9 Å². The molecule has 6 heteroatoms. The van der Waals surface area contributed by atoms with Crippen LogP contribution in [0.1, 0.15) is 21.7 Å². The van der Waals surface area contributed by atoms with E-state index in [1.54, 1.807) is 16.0 Å². The van der Waals surface area contributed by atoms with Crippen molar-refractivity contribution in [2.24, 2.45) is 0 Å². The lowest BCUT2D eigenvalue weighted by molar-refractivity contribution is 0.648. The molecule has 0 unspecified atom stereocenters. The molecule has 3 heterocycles. The molecule has 0 aliphatic heterocycles. The second-order valence-electron chi connectivity index (χ2n) is 6.13. The first-order valence-electron chi connectivity index (χ1n) is 8.01. The smallest absolute Gasteiger partial charge is 0.265 e. The van der Waals surface area contributed by atoms with Crippen molar-refractivity contribution in [1.82, 2.24) is 14.8 Å². The number of aryl methyl sites for hydroxylation is 3. The van der Waals surface area contributed by atoms with Crippen molar-refractivity contribution < 1.29 is 0 Å². The fourth-order valence-electron chi connectivity index (χ4n) is 2.88. The van der Waals surface area contributed by atoms with E-state index >= 15 is 0 Å². The van der Waals surface area contributed by atoms with E-state index in [0.29, 0.717) is 12.1 Å². The molecule has 0 atom stereocenters. The van der Waals surface area contributed by atoms with E-state index in [-0.39, 0.29) is 5.56 Å². The number of nitrogens with zero attached hydrogens (tertiary/aromatic N) is 3. The highest BCUT2D eigenvalue weighted by molar-refractivity contribution is 7.20. The second-order valence-corrected chi connectivity index (χ2v) is 8.28. The van der Waals surface area contributed by atoms with E-state index in [9.17, 15) is 4.79 Å². The number of thiophene rings is 1. The highest BCUT2D eigenvalue weighted by Crippen LogP contribution is 2.32. The van der Waals surface area contributed by atoms with Gasteiger partial charge in [-0.25, -0.2) is 9.67 Å². The Balaban J connectivity index is 1.94. The normalized spacial score (nSPS) is 11.3. The molecule has 0 saturated heterocycles. The SMILES string of the molecule is Cc1ccc(C)c(Cn2nc(-c3cccs3)c3sc(C)nc3c2=O)c1. The fraction of sp³-hybridized carbons (Fsp3) is 0.211. The van der Waals surface area contributed by atoms with E-state index in [4.69, 9.17) is 5.10 Å². The van der Waals surface area contributed by atoms with Gasteiger partial charge in [-0.05, 0) is 43.3 Å². The first-order chi connectivity index (χ1) is 12.0. The van der Waals surface area contributed by atoms with Crippen LogP contribution < -0.4 is 5.56 Å². The van der Waals surface area contributed by atoms with Gasteiger partial charge in [0, 0.05) is 0 Å². The summed E-state index contributed by atoms with van der Waals surface area (Å²) in [4.78, 5) is 18.4. The summed E-state index contributed by atoms with van der Waals surface area (Å²) < 4.78 is 2.43. The quantitative estimate of drug-likeness (QED) is 0.533. The monoisotopic (exact) mass is 367 g/mol. The number of hydrogen-bond acceptors (Lipinski definition) is 5. The molecule has 0 fully saturated rings. The maximum atomic E-state index is 12.9. The summed E-state index contributed by atoms with van der Waals surface area (Å²) in [5.74, 6) is 0. The fourth-order valence-corrected chi connectivity index (χ4v) is 4.57. The van der Waals surface area contributed by atoms with Gasteiger partial charge in [0.15, 0.2) is 5.52 Å². The van der Waals surface area contributed by atoms with E-state index < -0.39 is 0 Å². The molecule has 4 nitrogen and oxygen atoms in total. The van der Waals surface area contributed by atoms with Gasteiger partial charge in [-0.2, -0.15) is 5.10 Å². The van der Waals surface area contributed by atoms with E-state index in [0.717, 1.165) is 31.4 Å². The van der Waals surface area contributed by atoms with Crippen molar-refractivity contribution in [2.75, 3.05) is 0 Å². The maximum absolute atomic E-state index is 12.9. The minimum Gasteiger partial charge on any atom is -0.265 e. The Hall–Kier alpha value is -2.31. The third-order valence-electron chi connectivity index (χ3n) is 4.19. The van der Waals surface area contributed by atoms with Crippen LogP contribution in [0.15, 0.2) is 40.5 Å². The molecule has 0 aliphatic rings. The van der Waals surface area contributed by atoms with Crippen molar-refractivity contribution in [2.45, 2.75) is 27.3 Å². The van der Waals surface area contributed by atoms with Crippen LogP contribution in [0.2, 0.25) is 0 Å². The summed E-state index contributed by atoms with van der Waals surface area (Å²) in [6, 6.07) is 10.3. The number of thiazole rings is 1. The summed E-state index contributed by atoms with van der Waals surface area (Å²) in [5, 5.41) is 7.62. The third kappa shape index (κ3) is 2.92. The molecule has 126 valence electrons. The lowest BCUT2D eigenvalue weighted by atomic mass is 10.1. The van der Waals surface area contributed by atoms with E-state index in [1.807, 2.05) is 24.4 Å². The number of benzene rings is 1. The van der Waals surface area contributed by atoms with Crippen LogP contribution in [0, 0.1) is 20.8 Å². The van der Waals surface area contributed by atoms with Gasteiger partial charge >= 0.3 is 0 Å². The average molecular weight is 367 g/mol. The van der Waals surface area contributed by atoms with Crippen LogP contribution in [-0.4, -0.2) is 14.8 Å². The van der Waals surface area contributed by atoms with Gasteiger partial charge in [-0.15, -0.1) is 22.7 Å². The predicted octanol–water partition coefficient (Wildman–Crippen LogP) is 4.56. The lowest BCUT2D eigenvalue weighted by Crippen LogP contribution is -2.24. The molecule has 0 N–H and O–H groups in total. The highest BCUT2D eigenvalue weighted by atomic mass is 32.1. The Kier molecular flexibility index (Phi) is 4.01. The number of fused-ring (bicyclic) bond motifs is 1. The Bertz CT molecular complexity index is 1120. The molecule has 3 aromatic heterocycles. The Morgan fingerprint density at radius 2 is 2.00 bits per heavy atom. The zero-order valence-corrected chi connectivity index (χ0v) is 15.9. The molecule has 0 radical (unpaired) electrons. The van der Waals surface area contributed by atoms with Crippen molar-refractivity contribution in [3.63, 3.8) is 0 Å². The number of aromatic nitrogens is 3. The zero-order chi connectivity index (χ0) is 17.6. The van der Waals surface area contributed by atoms with E-state index in [2.05, 4.69) is 37.0 Å². The molecular weight excluding hydrogens is 350 g/mol. The third-order valence-corrected chi connectivity index (χ3v) is 6.04. The van der Waals surface area contributed by atoms with Crippen molar-refractivity contribution >= 4 is 32.9 Å². The first kappa shape index (κ1) is 16.2. The minimum absolute atomic E-state index is 0.124. The summed E-state index contributed by atoms with van der Waals surface area (Å²) in [7, 11) is 0. The molecule has 4 aromatic rings. The molecule has 0 bridgehead atoms. The molecular formula is C19H17N3OS2. The molecule has 0 aliphatic carbocycles. The zero-order valence-electron chi connectivity index (χ0n) is 14.2. The van der Waals surface area contributed by atoms with Crippen LogP contribution in [0.5, 0.6) is 0 Å². The Labute approximate surface area is 153 Å². The van der Waals surface area contributed by atoms with Crippen LogP contribution in [0.25, 0.3) is 20.8 Å². The largest absolute Gasteiger partial charge is 0.294 e. The molecule has 4 rings (SSSR count). The van der Waals surface area contributed by atoms with Crippen LogP contribution in [0.3, 0.4) is 0 Å². The van der Waals surface area contributed by atoms with Gasteiger partial charge < -0.3 is 0 Å². The number of hydrogen-bond donors (Lipinski definition) is 0. The standard InChI is InChI=1S/C19H17N3OS2/c1-11-6-7-12(2)14(9-11)10-22-19(23)17-18(25-13(3)20-17)16(21-22)15-5-4-8-24-15/h4-9H,10H2,1-3H3. The summed E-state index contributed by atoms with van der Waals surface area (Å²) in [6.07, 6.45) is 0. The average Bonchev–Trinajstić information content (AvgIpc) is 3.23. The maximum Gasteiger partial charge on any atom is 0.294 e. The van der Waals surface area contributed by atoms with Crippen molar-refractivity contribution in [1.29, 1.82) is 0 Å². The van der Waals surface area contributed by atoms with Gasteiger partial charge in [0.05, 0.1) is 21.1 Å². The Morgan fingerprint density at radius 3 is 2.76 bits per heavy atom. The summed E-state index contributed by atoms with van der Waals surface area (Å²) in [6.45, 7) is 6.50. The van der Waals surface area contributed by atoms with Gasteiger partial charge in [0.1, 0.15) is 5.69 Å². The van der Waals surface area contributed by atoms with Gasteiger partial charge in [0.25, 0.3) is 5.56 Å².